The zero-order chi connectivity index (χ0) is 10.4. The van der Waals surface area contributed by atoms with Gasteiger partial charge in [-0.3, -0.25) is 0 Å². The molecule has 2 aromatic rings. The Morgan fingerprint density at radius 2 is 2.47 bits per heavy atom. The number of fused-ring (bicyclic) bond motifs is 1. The summed E-state index contributed by atoms with van der Waals surface area (Å²) < 4.78 is 6.28. The van der Waals surface area contributed by atoms with Gasteiger partial charge in [-0.15, -0.1) is 11.3 Å². The van der Waals surface area contributed by atoms with Crippen LogP contribution in [0.1, 0.15) is 27.9 Å². The number of nitrogens with one attached hydrogen (secondary N) is 1. The molecule has 0 aliphatic carbocycles. The minimum atomic E-state index is 0.203. The quantitative estimate of drug-likeness (QED) is 0.875. The van der Waals surface area contributed by atoms with Gasteiger partial charge in [-0.1, -0.05) is 5.16 Å². The molecule has 1 aliphatic heterocycles. The number of aryl methyl sites for hydroxylation is 1. The van der Waals surface area contributed by atoms with Gasteiger partial charge in [0.2, 0.25) is 0 Å². The van der Waals surface area contributed by atoms with Crippen molar-refractivity contribution in [1.29, 1.82) is 0 Å². The molecule has 78 valence electrons. The van der Waals surface area contributed by atoms with Crippen LogP contribution in [0.3, 0.4) is 0 Å². The molecule has 3 nitrogen and oxygen atoms in total. The summed E-state index contributed by atoms with van der Waals surface area (Å²) in [6.07, 6.45) is 0. The zero-order valence-electron chi connectivity index (χ0n) is 8.08. The van der Waals surface area contributed by atoms with Crippen LogP contribution in [-0.2, 0) is 6.54 Å². The number of hydrogen-bond acceptors (Lipinski definition) is 4. The summed E-state index contributed by atoms with van der Waals surface area (Å²) in [5, 5.41) is 7.49. The normalized spacial score (nSPS) is 19.5. The van der Waals surface area contributed by atoms with Gasteiger partial charge >= 0.3 is 0 Å². The molecular weight excluding hydrogens is 276 g/mol. The molecule has 3 rings (SSSR count). The van der Waals surface area contributed by atoms with Crippen LogP contribution in [0.5, 0.6) is 0 Å². The monoisotopic (exact) mass is 284 g/mol. The lowest BCUT2D eigenvalue weighted by Gasteiger charge is -2.05. The maximum atomic E-state index is 5.10. The molecule has 0 saturated heterocycles. The number of thiophene rings is 1. The van der Waals surface area contributed by atoms with Crippen molar-refractivity contribution in [2.45, 2.75) is 19.5 Å². The van der Waals surface area contributed by atoms with Crippen molar-refractivity contribution in [3.05, 3.63) is 37.8 Å². The maximum absolute atomic E-state index is 5.10. The average Bonchev–Trinajstić information content (AvgIpc) is 2.80. The van der Waals surface area contributed by atoms with Crippen molar-refractivity contribution in [2.24, 2.45) is 0 Å². The largest absolute Gasteiger partial charge is 0.361 e. The van der Waals surface area contributed by atoms with E-state index in [9.17, 15) is 0 Å². The topological polar surface area (TPSA) is 38.1 Å². The summed E-state index contributed by atoms with van der Waals surface area (Å²) in [7, 11) is 0. The molecule has 0 bridgehead atoms. The van der Waals surface area contributed by atoms with Crippen molar-refractivity contribution in [3.63, 3.8) is 0 Å². The standard InChI is InChI=1S/C10H9BrN2OS/c1-5-2-7(13-14-5)9-10-6(4-12-9)3-8(11)15-10/h2-3,9,12H,4H2,1H3. The second-order valence-electron chi connectivity index (χ2n) is 3.62. The lowest BCUT2D eigenvalue weighted by atomic mass is 10.1. The predicted molar refractivity (Wildman–Crippen MR) is 61.9 cm³/mol. The number of rotatable bonds is 1. The number of hydrogen-bond donors (Lipinski definition) is 1. The van der Waals surface area contributed by atoms with Gasteiger partial charge < -0.3 is 9.84 Å². The van der Waals surface area contributed by atoms with E-state index < -0.39 is 0 Å². The Morgan fingerprint density at radius 3 is 3.20 bits per heavy atom. The number of aromatic nitrogens is 1. The molecule has 15 heavy (non-hydrogen) atoms. The van der Waals surface area contributed by atoms with Gasteiger partial charge in [0, 0.05) is 17.5 Å². The van der Waals surface area contributed by atoms with E-state index >= 15 is 0 Å². The third-order valence-corrected chi connectivity index (χ3v) is 4.26. The van der Waals surface area contributed by atoms with E-state index in [1.165, 1.54) is 14.2 Å². The molecule has 3 heterocycles. The highest BCUT2D eigenvalue weighted by Gasteiger charge is 2.28. The molecule has 0 radical (unpaired) electrons. The number of halogens is 1. The summed E-state index contributed by atoms with van der Waals surface area (Å²) in [4.78, 5) is 1.34. The Balaban J connectivity index is 2.02. The van der Waals surface area contributed by atoms with E-state index in [1.807, 2.05) is 13.0 Å². The molecule has 1 aliphatic rings. The molecule has 0 saturated carbocycles. The Labute approximate surface area is 99.6 Å². The van der Waals surface area contributed by atoms with Gasteiger partial charge in [-0.2, -0.15) is 0 Å². The van der Waals surface area contributed by atoms with Gasteiger partial charge in [0.25, 0.3) is 0 Å². The fourth-order valence-corrected chi connectivity index (χ4v) is 3.65. The molecule has 5 heteroatoms. The second-order valence-corrected chi connectivity index (χ2v) is 6.08. The number of nitrogens with zero attached hydrogens (tertiary/aromatic N) is 1. The van der Waals surface area contributed by atoms with Crippen LogP contribution in [0.25, 0.3) is 0 Å². The van der Waals surface area contributed by atoms with E-state index in [0.717, 1.165) is 18.0 Å². The molecule has 1 unspecified atom stereocenters. The summed E-state index contributed by atoms with van der Waals surface area (Å²) in [6, 6.07) is 4.36. The van der Waals surface area contributed by atoms with Crippen LogP contribution in [0.15, 0.2) is 20.4 Å². The average molecular weight is 285 g/mol. The van der Waals surface area contributed by atoms with Crippen LogP contribution >= 0.6 is 27.3 Å². The van der Waals surface area contributed by atoms with Crippen LogP contribution in [0, 0.1) is 6.92 Å². The van der Waals surface area contributed by atoms with Crippen molar-refractivity contribution in [3.8, 4) is 0 Å². The van der Waals surface area contributed by atoms with Crippen LogP contribution < -0.4 is 5.32 Å². The highest BCUT2D eigenvalue weighted by molar-refractivity contribution is 9.11. The Hall–Kier alpha value is -0.650. The Morgan fingerprint density at radius 1 is 1.60 bits per heavy atom. The highest BCUT2D eigenvalue weighted by atomic mass is 79.9. The second kappa shape index (κ2) is 3.43. The molecular formula is C10H9BrN2OS. The fraction of sp³-hybridized carbons (Fsp3) is 0.300. The first-order valence-electron chi connectivity index (χ1n) is 4.69. The third-order valence-electron chi connectivity index (χ3n) is 2.51. The van der Waals surface area contributed by atoms with Gasteiger partial charge in [0.1, 0.15) is 11.5 Å². The van der Waals surface area contributed by atoms with Crippen molar-refractivity contribution in [1.82, 2.24) is 10.5 Å². The minimum Gasteiger partial charge on any atom is -0.361 e. The SMILES string of the molecule is Cc1cc(C2NCc3cc(Br)sc32)no1. The molecule has 0 aromatic carbocycles. The first kappa shape index (κ1) is 9.57. The molecule has 1 atom stereocenters. The van der Waals surface area contributed by atoms with E-state index in [1.54, 1.807) is 11.3 Å². The van der Waals surface area contributed by atoms with E-state index in [2.05, 4.69) is 32.5 Å². The maximum Gasteiger partial charge on any atom is 0.134 e. The van der Waals surface area contributed by atoms with E-state index in [-0.39, 0.29) is 6.04 Å². The van der Waals surface area contributed by atoms with Gasteiger partial charge in [-0.25, -0.2) is 0 Å². The lowest BCUT2D eigenvalue weighted by molar-refractivity contribution is 0.385. The predicted octanol–water partition coefficient (Wildman–Crippen LogP) is 3.00. The highest BCUT2D eigenvalue weighted by Crippen LogP contribution is 2.38. The summed E-state index contributed by atoms with van der Waals surface area (Å²) in [5.74, 6) is 0.857. The van der Waals surface area contributed by atoms with E-state index in [4.69, 9.17) is 4.52 Å². The molecule has 2 aromatic heterocycles. The minimum absolute atomic E-state index is 0.203. The molecule has 0 fully saturated rings. The van der Waals surface area contributed by atoms with Gasteiger partial charge in [0.05, 0.1) is 9.83 Å². The first-order valence-corrected chi connectivity index (χ1v) is 6.29. The molecule has 0 spiro atoms. The van der Waals surface area contributed by atoms with Crippen molar-refractivity contribution < 1.29 is 4.52 Å². The van der Waals surface area contributed by atoms with Crippen LogP contribution in [0.2, 0.25) is 0 Å². The lowest BCUT2D eigenvalue weighted by Crippen LogP contribution is -2.13. The van der Waals surface area contributed by atoms with Crippen molar-refractivity contribution >= 4 is 27.3 Å². The van der Waals surface area contributed by atoms with Gasteiger partial charge in [0.15, 0.2) is 0 Å². The Kier molecular flexibility index (Phi) is 2.19. The first-order chi connectivity index (χ1) is 7.24. The van der Waals surface area contributed by atoms with Gasteiger partial charge in [-0.05, 0) is 34.5 Å². The summed E-state index contributed by atoms with van der Waals surface area (Å²) in [6.45, 7) is 2.82. The van der Waals surface area contributed by atoms with E-state index in [0.29, 0.717) is 0 Å². The third kappa shape index (κ3) is 1.55. The van der Waals surface area contributed by atoms with Crippen LogP contribution in [0.4, 0.5) is 0 Å². The molecule has 1 N–H and O–H groups in total. The van der Waals surface area contributed by atoms with Crippen LogP contribution in [-0.4, -0.2) is 5.16 Å². The zero-order valence-corrected chi connectivity index (χ0v) is 10.5. The van der Waals surface area contributed by atoms with Crippen molar-refractivity contribution in [2.75, 3.05) is 0 Å². The fourth-order valence-electron chi connectivity index (χ4n) is 1.86. The summed E-state index contributed by atoms with van der Waals surface area (Å²) in [5.41, 5.74) is 2.33. The smallest absolute Gasteiger partial charge is 0.134 e. The molecule has 0 amide bonds. The Bertz CT molecular complexity index is 505. The summed E-state index contributed by atoms with van der Waals surface area (Å²) >= 11 is 5.27.